The number of anilines is 1. The number of rotatable bonds is 4. The van der Waals surface area contributed by atoms with Crippen LogP contribution in [-0.4, -0.2) is 18.4 Å². The molecule has 2 amide bonds. The Morgan fingerprint density at radius 3 is 2.68 bits per heavy atom. The van der Waals surface area contributed by atoms with Gasteiger partial charge in [-0.15, -0.1) is 0 Å². The third kappa shape index (κ3) is 3.70. The van der Waals surface area contributed by atoms with Gasteiger partial charge in [-0.1, -0.05) is 18.0 Å². The van der Waals surface area contributed by atoms with Crippen molar-refractivity contribution in [3.8, 4) is 0 Å². The molecule has 2 N–H and O–H groups in total. The molecule has 1 fully saturated rings. The van der Waals surface area contributed by atoms with Gasteiger partial charge in [0.2, 0.25) is 11.8 Å². The molecule has 0 saturated heterocycles. The van der Waals surface area contributed by atoms with E-state index >= 15 is 0 Å². The molecule has 0 unspecified atom stereocenters. The van der Waals surface area contributed by atoms with E-state index in [1.54, 1.807) is 18.2 Å². The minimum absolute atomic E-state index is 0.0113. The summed E-state index contributed by atoms with van der Waals surface area (Å²) >= 11 is 5.84. The van der Waals surface area contributed by atoms with Crippen molar-refractivity contribution in [1.29, 1.82) is 0 Å². The van der Waals surface area contributed by atoms with Crippen molar-refractivity contribution in [1.82, 2.24) is 5.32 Å². The van der Waals surface area contributed by atoms with Gasteiger partial charge in [0.05, 0.1) is 6.54 Å². The predicted octanol–water partition coefficient (Wildman–Crippen LogP) is 2.50. The van der Waals surface area contributed by atoms with Crippen LogP contribution in [0.25, 0.3) is 0 Å². The highest BCUT2D eigenvalue weighted by molar-refractivity contribution is 6.30. The number of carbonyl (C=O) groups excluding carboxylic acids is 2. The molecule has 0 heterocycles. The predicted molar refractivity (Wildman–Crippen MR) is 75.2 cm³/mol. The van der Waals surface area contributed by atoms with Crippen LogP contribution in [0.2, 0.25) is 5.02 Å². The fraction of sp³-hybridized carbons (Fsp3) is 0.429. The van der Waals surface area contributed by atoms with Gasteiger partial charge in [0.25, 0.3) is 0 Å². The number of aryl methyl sites for hydroxylation is 1. The molecule has 0 spiro atoms. The van der Waals surface area contributed by atoms with Crippen LogP contribution in [0.1, 0.15) is 24.8 Å². The average molecular weight is 281 g/mol. The monoisotopic (exact) mass is 280 g/mol. The van der Waals surface area contributed by atoms with E-state index in [0.717, 1.165) is 24.8 Å². The zero-order valence-corrected chi connectivity index (χ0v) is 11.6. The van der Waals surface area contributed by atoms with Gasteiger partial charge in [0, 0.05) is 16.6 Å². The second-order valence-electron chi connectivity index (χ2n) is 4.85. The fourth-order valence-electron chi connectivity index (χ4n) is 1.94. The summed E-state index contributed by atoms with van der Waals surface area (Å²) in [5, 5.41) is 6.05. The van der Waals surface area contributed by atoms with Crippen molar-refractivity contribution >= 4 is 29.1 Å². The second kappa shape index (κ2) is 6.06. The maximum Gasteiger partial charge on any atom is 0.243 e. The van der Waals surface area contributed by atoms with Crippen LogP contribution < -0.4 is 10.6 Å². The number of hydrogen-bond acceptors (Lipinski definition) is 2. The molecule has 102 valence electrons. The SMILES string of the molecule is Cc1cc(Cl)ccc1NC(=O)CNC(=O)C1CCC1. The molecule has 1 aliphatic carbocycles. The summed E-state index contributed by atoms with van der Waals surface area (Å²) in [7, 11) is 0. The first-order chi connectivity index (χ1) is 9.06. The van der Waals surface area contributed by atoms with Gasteiger partial charge in [-0.3, -0.25) is 9.59 Å². The van der Waals surface area contributed by atoms with Gasteiger partial charge in [0.15, 0.2) is 0 Å². The second-order valence-corrected chi connectivity index (χ2v) is 5.29. The highest BCUT2D eigenvalue weighted by atomic mass is 35.5. The summed E-state index contributed by atoms with van der Waals surface area (Å²) in [5.41, 5.74) is 1.61. The maximum atomic E-state index is 11.7. The molecular weight excluding hydrogens is 264 g/mol. The third-order valence-electron chi connectivity index (χ3n) is 3.36. The number of amides is 2. The first kappa shape index (κ1) is 13.9. The molecule has 1 aromatic carbocycles. The molecule has 1 saturated carbocycles. The highest BCUT2D eigenvalue weighted by Gasteiger charge is 2.25. The average Bonchev–Trinajstić information content (AvgIpc) is 2.28. The van der Waals surface area contributed by atoms with E-state index in [0.29, 0.717) is 10.7 Å². The molecular formula is C14H17ClN2O2. The Labute approximate surface area is 117 Å². The van der Waals surface area contributed by atoms with Crippen LogP contribution in [0.5, 0.6) is 0 Å². The first-order valence-corrected chi connectivity index (χ1v) is 6.78. The molecule has 5 heteroatoms. The van der Waals surface area contributed by atoms with Crippen molar-refractivity contribution in [3.05, 3.63) is 28.8 Å². The van der Waals surface area contributed by atoms with Crippen LogP contribution in [0.3, 0.4) is 0 Å². The Bertz CT molecular complexity index is 498. The van der Waals surface area contributed by atoms with Gasteiger partial charge in [-0.25, -0.2) is 0 Å². The third-order valence-corrected chi connectivity index (χ3v) is 3.60. The van der Waals surface area contributed by atoms with E-state index in [9.17, 15) is 9.59 Å². The lowest BCUT2D eigenvalue weighted by Gasteiger charge is -2.23. The zero-order chi connectivity index (χ0) is 13.8. The normalized spacial score (nSPS) is 14.6. The lowest BCUT2D eigenvalue weighted by Crippen LogP contribution is -2.39. The lowest BCUT2D eigenvalue weighted by atomic mass is 9.85. The van der Waals surface area contributed by atoms with Gasteiger partial charge in [0.1, 0.15) is 0 Å². The van der Waals surface area contributed by atoms with E-state index in [1.165, 1.54) is 0 Å². The van der Waals surface area contributed by atoms with Gasteiger partial charge >= 0.3 is 0 Å². The highest BCUT2D eigenvalue weighted by Crippen LogP contribution is 2.26. The van der Waals surface area contributed by atoms with Crippen LogP contribution in [0, 0.1) is 12.8 Å². The van der Waals surface area contributed by atoms with Crippen molar-refractivity contribution in [2.75, 3.05) is 11.9 Å². The van der Waals surface area contributed by atoms with Crippen molar-refractivity contribution in [2.45, 2.75) is 26.2 Å². The van der Waals surface area contributed by atoms with Crippen LogP contribution in [0.15, 0.2) is 18.2 Å². The quantitative estimate of drug-likeness (QED) is 0.890. The number of carbonyl (C=O) groups is 2. The van der Waals surface area contributed by atoms with E-state index in [-0.39, 0.29) is 24.3 Å². The summed E-state index contributed by atoms with van der Waals surface area (Å²) in [6.45, 7) is 1.88. The topological polar surface area (TPSA) is 58.2 Å². The molecule has 0 radical (unpaired) electrons. The first-order valence-electron chi connectivity index (χ1n) is 6.40. The smallest absolute Gasteiger partial charge is 0.243 e. The summed E-state index contributed by atoms with van der Waals surface area (Å²) in [6, 6.07) is 5.25. The Hall–Kier alpha value is -1.55. The van der Waals surface area contributed by atoms with Crippen LogP contribution in [0.4, 0.5) is 5.69 Å². The van der Waals surface area contributed by atoms with Crippen molar-refractivity contribution in [3.63, 3.8) is 0 Å². The van der Waals surface area contributed by atoms with E-state index in [2.05, 4.69) is 10.6 Å². The molecule has 0 atom stereocenters. The fourth-order valence-corrected chi connectivity index (χ4v) is 2.17. The van der Waals surface area contributed by atoms with Crippen molar-refractivity contribution in [2.24, 2.45) is 5.92 Å². The van der Waals surface area contributed by atoms with Crippen molar-refractivity contribution < 1.29 is 9.59 Å². The molecule has 2 rings (SSSR count). The largest absolute Gasteiger partial charge is 0.347 e. The standard InChI is InChI=1S/C14H17ClN2O2/c1-9-7-11(15)5-6-12(9)17-13(18)8-16-14(19)10-3-2-4-10/h5-7,10H,2-4,8H2,1H3,(H,16,19)(H,17,18). The van der Waals surface area contributed by atoms with Crippen LogP contribution >= 0.6 is 11.6 Å². The molecule has 19 heavy (non-hydrogen) atoms. The molecule has 0 aromatic heterocycles. The summed E-state index contributed by atoms with van der Waals surface area (Å²) < 4.78 is 0. The Kier molecular flexibility index (Phi) is 4.43. The Morgan fingerprint density at radius 2 is 2.11 bits per heavy atom. The van der Waals surface area contributed by atoms with Crippen LogP contribution in [-0.2, 0) is 9.59 Å². The zero-order valence-electron chi connectivity index (χ0n) is 10.8. The number of nitrogens with one attached hydrogen (secondary N) is 2. The minimum atomic E-state index is -0.224. The molecule has 0 aliphatic heterocycles. The molecule has 4 nitrogen and oxygen atoms in total. The number of halogens is 1. The van der Waals surface area contributed by atoms with Gasteiger partial charge in [-0.05, 0) is 43.5 Å². The summed E-state index contributed by atoms with van der Waals surface area (Å²) in [5.74, 6) is -0.141. The molecule has 1 aliphatic rings. The number of benzene rings is 1. The molecule has 1 aromatic rings. The van der Waals surface area contributed by atoms with E-state index in [4.69, 9.17) is 11.6 Å². The number of hydrogen-bond donors (Lipinski definition) is 2. The van der Waals surface area contributed by atoms with Gasteiger partial charge < -0.3 is 10.6 Å². The van der Waals surface area contributed by atoms with Gasteiger partial charge in [-0.2, -0.15) is 0 Å². The minimum Gasteiger partial charge on any atom is -0.347 e. The maximum absolute atomic E-state index is 11.7. The Balaban J connectivity index is 1.81. The summed E-state index contributed by atoms with van der Waals surface area (Å²) in [4.78, 5) is 23.3. The van der Waals surface area contributed by atoms with E-state index in [1.807, 2.05) is 6.92 Å². The lowest BCUT2D eigenvalue weighted by molar-refractivity contribution is -0.129. The Morgan fingerprint density at radius 1 is 1.37 bits per heavy atom. The van der Waals surface area contributed by atoms with E-state index < -0.39 is 0 Å². The summed E-state index contributed by atoms with van der Waals surface area (Å²) in [6.07, 6.45) is 2.97. The molecule has 0 bridgehead atoms.